The van der Waals surface area contributed by atoms with Gasteiger partial charge in [-0.1, -0.05) is 24.0 Å². The van der Waals surface area contributed by atoms with Crippen molar-refractivity contribution in [2.75, 3.05) is 12.5 Å². The number of para-hydroxylation sites is 1. The van der Waals surface area contributed by atoms with Gasteiger partial charge < -0.3 is 4.74 Å². The van der Waals surface area contributed by atoms with Crippen molar-refractivity contribution in [2.24, 2.45) is 0 Å². The maximum Gasteiger partial charge on any atom is 0.392 e. The number of alkyl halides is 4. The average Bonchev–Trinajstić information content (AvgIpc) is 2.30. The molecule has 1 aromatic carbocycles. The monoisotopic (exact) mass is 276 g/mol. The van der Waals surface area contributed by atoms with Gasteiger partial charge in [-0.05, 0) is 12.1 Å². The summed E-state index contributed by atoms with van der Waals surface area (Å²) in [6.07, 6.45) is -4.66. The molecule has 0 atom stereocenters. The van der Waals surface area contributed by atoms with E-state index in [1.165, 1.54) is 0 Å². The fraction of sp³-hybridized carbons (Fsp3) is 0.385. The standard InChI is InChI=1S/C13H12ClF3O/c14-9-4-3-6-11-5-1-2-7-12(11)18-10-8-13(15,16)17/h1-2,5,7H,4,8-10H2. The molecule has 0 saturated heterocycles. The summed E-state index contributed by atoms with van der Waals surface area (Å²) in [5.41, 5.74) is 0.574. The molecular formula is C13H12ClF3O. The molecule has 0 unspecified atom stereocenters. The molecule has 0 aliphatic heterocycles. The van der Waals surface area contributed by atoms with Gasteiger partial charge in [-0.3, -0.25) is 0 Å². The van der Waals surface area contributed by atoms with Crippen LogP contribution in [0.1, 0.15) is 18.4 Å². The largest absolute Gasteiger partial charge is 0.492 e. The summed E-state index contributed by atoms with van der Waals surface area (Å²) in [6.45, 7) is -0.405. The molecule has 0 N–H and O–H groups in total. The summed E-state index contributed by atoms with van der Waals surface area (Å²) in [5, 5.41) is 0. The molecule has 0 bridgehead atoms. The zero-order valence-corrected chi connectivity index (χ0v) is 10.3. The van der Waals surface area contributed by atoms with Crippen LogP contribution in [-0.4, -0.2) is 18.7 Å². The second-order valence-electron chi connectivity index (χ2n) is 3.45. The number of hydrogen-bond donors (Lipinski definition) is 0. The van der Waals surface area contributed by atoms with E-state index in [9.17, 15) is 13.2 Å². The molecule has 0 saturated carbocycles. The van der Waals surface area contributed by atoms with Crippen molar-refractivity contribution in [3.63, 3.8) is 0 Å². The average molecular weight is 277 g/mol. The predicted molar refractivity (Wildman–Crippen MR) is 64.8 cm³/mol. The molecule has 0 radical (unpaired) electrons. The Morgan fingerprint density at radius 1 is 1.22 bits per heavy atom. The topological polar surface area (TPSA) is 9.23 Å². The molecule has 5 heteroatoms. The summed E-state index contributed by atoms with van der Waals surface area (Å²) < 4.78 is 41.0. The number of rotatable bonds is 4. The Morgan fingerprint density at radius 2 is 1.94 bits per heavy atom. The van der Waals surface area contributed by atoms with E-state index < -0.39 is 19.2 Å². The van der Waals surface area contributed by atoms with E-state index in [4.69, 9.17) is 16.3 Å². The first-order valence-corrected chi connectivity index (χ1v) is 5.90. The van der Waals surface area contributed by atoms with Crippen LogP contribution in [0.25, 0.3) is 0 Å². The van der Waals surface area contributed by atoms with Crippen LogP contribution in [0, 0.1) is 11.8 Å². The number of benzene rings is 1. The summed E-state index contributed by atoms with van der Waals surface area (Å²) in [4.78, 5) is 0. The minimum absolute atomic E-state index is 0.365. The lowest BCUT2D eigenvalue weighted by Crippen LogP contribution is -2.13. The number of halogens is 4. The molecule has 0 spiro atoms. The van der Waals surface area contributed by atoms with Crippen molar-refractivity contribution < 1.29 is 17.9 Å². The van der Waals surface area contributed by atoms with Crippen LogP contribution in [0.15, 0.2) is 24.3 Å². The molecule has 0 amide bonds. The highest BCUT2D eigenvalue weighted by atomic mass is 35.5. The second kappa shape index (κ2) is 7.17. The minimum atomic E-state index is -4.21. The number of hydrogen-bond acceptors (Lipinski definition) is 1. The molecule has 1 nitrogen and oxygen atoms in total. The fourth-order valence-corrected chi connectivity index (χ4v) is 1.27. The maximum absolute atomic E-state index is 12.0. The maximum atomic E-state index is 12.0. The second-order valence-corrected chi connectivity index (χ2v) is 3.83. The predicted octanol–water partition coefficient (Wildman–Crippen LogP) is 4.00. The third kappa shape index (κ3) is 5.83. The van der Waals surface area contributed by atoms with Gasteiger partial charge in [0.05, 0.1) is 18.6 Å². The van der Waals surface area contributed by atoms with Gasteiger partial charge >= 0.3 is 6.18 Å². The van der Waals surface area contributed by atoms with Crippen LogP contribution in [0.5, 0.6) is 5.75 Å². The Morgan fingerprint density at radius 3 is 2.61 bits per heavy atom. The van der Waals surface area contributed by atoms with Crippen LogP contribution < -0.4 is 4.74 Å². The van der Waals surface area contributed by atoms with Crippen LogP contribution in [0.4, 0.5) is 13.2 Å². The Kier molecular flexibility index (Phi) is 5.87. The van der Waals surface area contributed by atoms with E-state index >= 15 is 0 Å². The lowest BCUT2D eigenvalue weighted by Gasteiger charge is -2.09. The van der Waals surface area contributed by atoms with E-state index in [0.29, 0.717) is 23.6 Å². The quantitative estimate of drug-likeness (QED) is 0.597. The van der Waals surface area contributed by atoms with Crippen molar-refractivity contribution in [3.05, 3.63) is 29.8 Å². The minimum Gasteiger partial charge on any atom is -0.492 e. The van der Waals surface area contributed by atoms with Crippen molar-refractivity contribution in [1.29, 1.82) is 0 Å². The molecule has 1 rings (SSSR count). The van der Waals surface area contributed by atoms with Gasteiger partial charge in [0.15, 0.2) is 0 Å². The first-order valence-electron chi connectivity index (χ1n) is 5.36. The first kappa shape index (κ1) is 14.7. The molecule has 98 valence electrons. The van der Waals surface area contributed by atoms with E-state index in [1.54, 1.807) is 24.3 Å². The molecule has 0 heterocycles. The molecule has 18 heavy (non-hydrogen) atoms. The van der Waals surface area contributed by atoms with Gasteiger partial charge in [-0.15, -0.1) is 11.6 Å². The van der Waals surface area contributed by atoms with Gasteiger partial charge in [-0.25, -0.2) is 0 Å². The Hall–Kier alpha value is -1.34. The van der Waals surface area contributed by atoms with Crippen molar-refractivity contribution in [2.45, 2.75) is 19.0 Å². The van der Waals surface area contributed by atoms with Gasteiger partial charge in [0, 0.05) is 12.3 Å². The highest BCUT2D eigenvalue weighted by Gasteiger charge is 2.26. The van der Waals surface area contributed by atoms with Gasteiger partial charge in [0.25, 0.3) is 0 Å². The molecule has 1 aromatic rings. The number of ether oxygens (including phenoxy) is 1. The molecule has 0 fully saturated rings. The Bertz CT molecular complexity index is 432. The van der Waals surface area contributed by atoms with E-state index in [0.717, 1.165) is 0 Å². The molecular weight excluding hydrogens is 265 g/mol. The van der Waals surface area contributed by atoms with Gasteiger partial charge in [-0.2, -0.15) is 13.2 Å². The summed E-state index contributed by atoms with van der Waals surface area (Å²) >= 11 is 5.48. The summed E-state index contributed by atoms with van der Waals surface area (Å²) in [5.74, 6) is 6.42. The molecule has 0 aliphatic rings. The highest BCUT2D eigenvalue weighted by Crippen LogP contribution is 2.22. The lowest BCUT2D eigenvalue weighted by atomic mass is 10.2. The first-order chi connectivity index (χ1) is 8.53. The summed E-state index contributed by atoms with van der Waals surface area (Å²) in [6, 6.07) is 6.74. The fourth-order valence-electron chi connectivity index (χ4n) is 1.18. The van der Waals surface area contributed by atoms with Crippen molar-refractivity contribution in [3.8, 4) is 17.6 Å². The van der Waals surface area contributed by atoms with Gasteiger partial charge in [0.2, 0.25) is 0 Å². The highest BCUT2D eigenvalue weighted by molar-refractivity contribution is 6.18. The smallest absolute Gasteiger partial charge is 0.392 e. The zero-order chi connectivity index (χ0) is 13.4. The van der Waals surface area contributed by atoms with E-state index in [-0.39, 0.29) is 0 Å². The van der Waals surface area contributed by atoms with Crippen LogP contribution in [-0.2, 0) is 0 Å². The van der Waals surface area contributed by atoms with Crippen molar-refractivity contribution in [1.82, 2.24) is 0 Å². The van der Waals surface area contributed by atoms with E-state index in [1.807, 2.05) is 0 Å². The SMILES string of the molecule is FC(F)(F)CCOc1ccccc1C#CCCCl. The third-order valence-corrected chi connectivity index (χ3v) is 2.16. The van der Waals surface area contributed by atoms with Crippen LogP contribution in [0.2, 0.25) is 0 Å². The van der Waals surface area contributed by atoms with Crippen molar-refractivity contribution >= 4 is 11.6 Å². The third-order valence-electron chi connectivity index (χ3n) is 1.97. The summed E-state index contributed by atoms with van der Waals surface area (Å²) in [7, 11) is 0. The lowest BCUT2D eigenvalue weighted by molar-refractivity contribution is -0.139. The molecule has 0 aliphatic carbocycles. The van der Waals surface area contributed by atoms with Gasteiger partial charge in [0.1, 0.15) is 5.75 Å². The Labute approximate surface area is 109 Å². The van der Waals surface area contributed by atoms with E-state index in [2.05, 4.69) is 11.8 Å². The Balaban J connectivity index is 2.63. The molecule has 0 aromatic heterocycles. The van der Waals surface area contributed by atoms with Crippen LogP contribution in [0.3, 0.4) is 0 Å². The normalized spacial score (nSPS) is 10.7. The van der Waals surface area contributed by atoms with Crippen LogP contribution >= 0.6 is 11.6 Å². The zero-order valence-electron chi connectivity index (χ0n) is 9.56.